The highest BCUT2D eigenvalue weighted by Gasteiger charge is 2.06. The predicted octanol–water partition coefficient (Wildman–Crippen LogP) is 3.13. The third-order valence-electron chi connectivity index (χ3n) is 2.15. The van der Waals surface area contributed by atoms with E-state index in [0.29, 0.717) is 6.04 Å². The molecule has 1 nitrogen and oxygen atoms in total. The average molecular weight is 192 g/mol. The molecule has 0 aromatic heterocycles. The number of rotatable bonds is 7. The Balaban J connectivity index is 3.49. The lowest BCUT2D eigenvalue weighted by atomic mass is 10.2. The van der Waals surface area contributed by atoms with Gasteiger partial charge in [0.05, 0.1) is 0 Å². The van der Waals surface area contributed by atoms with E-state index in [1.807, 2.05) is 0 Å². The van der Waals surface area contributed by atoms with Crippen LogP contribution in [-0.2, 0) is 0 Å². The molecule has 0 fully saturated rings. The third kappa shape index (κ3) is 5.84. The Labute approximate surface area is 82.1 Å². The lowest BCUT2D eigenvalue weighted by molar-refractivity contribution is 0.230. The van der Waals surface area contributed by atoms with E-state index in [2.05, 4.69) is 25.7 Å². The number of hydrogen-bond donors (Lipinski definition) is 0. The Morgan fingerprint density at radius 3 is 2.25 bits per heavy atom. The fourth-order valence-corrected chi connectivity index (χ4v) is 1.52. The highest BCUT2D eigenvalue weighted by molar-refractivity contribution is 6.18. The number of alkyl halides is 1. The smallest absolute Gasteiger partial charge is 0.0351 e. The van der Waals surface area contributed by atoms with Gasteiger partial charge < -0.3 is 0 Å². The summed E-state index contributed by atoms with van der Waals surface area (Å²) in [6.45, 7) is 8.94. The Kier molecular flexibility index (Phi) is 8.04. The van der Waals surface area contributed by atoms with Crippen LogP contribution < -0.4 is 0 Å². The molecule has 0 N–H and O–H groups in total. The van der Waals surface area contributed by atoms with Crippen molar-refractivity contribution in [3.63, 3.8) is 0 Å². The SMILES string of the molecule is CCCCCN(CCCl)C(C)C. The van der Waals surface area contributed by atoms with E-state index in [4.69, 9.17) is 11.6 Å². The van der Waals surface area contributed by atoms with Crippen molar-refractivity contribution in [3.05, 3.63) is 0 Å². The Morgan fingerprint density at radius 1 is 1.17 bits per heavy atom. The van der Waals surface area contributed by atoms with Crippen LogP contribution in [0.2, 0.25) is 0 Å². The minimum absolute atomic E-state index is 0.639. The second-order valence-corrected chi connectivity index (χ2v) is 3.90. The molecule has 0 aromatic rings. The first kappa shape index (κ1) is 12.2. The molecule has 12 heavy (non-hydrogen) atoms. The molecule has 0 saturated heterocycles. The largest absolute Gasteiger partial charge is 0.300 e. The van der Waals surface area contributed by atoms with Crippen LogP contribution in [0.1, 0.15) is 40.0 Å². The molecule has 2 heteroatoms. The topological polar surface area (TPSA) is 3.24 Å². The maximum Gasteiger partial charge on any atom is 0.0351 e. The molecule has 0 atom stereocenters. The van der Waals surface area contributed by atoms with Crippen LogP contribution in [0.3, 0.4) is 0 Å². The van der Waals surface area contributed by atoms with Gasteiger partial charge >= 0.3 is 0 Å². The van der Waals surface area contributed by atoms with Crippen molar-refractivity contribution in [2.45, 2.75) is 46.1 Å². The summed E-state index contributed by atoms with van der Waals surface area (Å²) in [4.78, 5) is 2.45. The van der Waals surface area contributed by atoms with Crippen LogP contribution in [0.15, 0.2) is 0 Å². The summed E-state index contributed by atoms with van der Waals surface area (Å²) in [6.07, 6.45) is 3.95. The van der Waals surface area contributed by atoms with E-state index < -0.39 is 0 Å². The second kappa shape index (κ2) is 7.88. The van der Waals surface area contributed by atoms with E-state index in [1.165, 1.54) is 25.8 Å². The van der Waals surface area contributed by atoms with Gasteiger partial charge in [-0.3, -0.25) is 4.90 Å². The fraction of sp³-hybridized carbons (Fsp3) is 1.00. The summed E-state index contributed by atoms with van der Waals surface area (Å²) in [6, 6.07) is 0.639. The minimum Gasteiger partial charge on any atom is -0.300 e. The molecule has 0 rings (SSSR count). The molecule has 0 aliphatic carbocycles. The summed E-state index contributed by atoms with van der Waals surface area (Å²) in [7, 11) is 0. The van der Waals surface area contributed by atoms with Crippen molar-refractivity contribution < 1.29 is 0 Å². The summed E-state index contributed by atoms with van der Waals surface area (Å²) >= 11 is 5.71. The van der Waals surface area contributed by atoms with Crippen molar-refractivity contribution in [1.29, 1.82) is 0 Å². The summed E-state index contributed by atoms with van der Waals surface area (Å²) < 4.78 is 0. The Hall–Kier alpha value is 0.250. The van der Waals surface area contributed by atoms with E-state index in [-0.39, 0.29) is 0 Å². The van der Waals surface area contributed by atoms with E-state index >= 15 is 0 Å². The van der Waals surface area contributed by atoms with Gasteiger partial charge in [0, 0.05) is 18.5 Å². The number of nitrogens with zero attached hydrogens (tertiary/aromatic N) is 1. The van der Waals surface area contributed by atoms with Crippen LogP contribution in [0.5, 0.6) is 0 Å². The van der Waals surface area contributed by atoms with Gasteiger partial charge in [-0.1, -0.05) is 19.8 Å². The molecule has 0 spiro atoms. The normalized spacial score (nSPS) is 11.5. The number of unbranched alkanes of at least 4 members (excludes halogenated alkanes) is 2. The molecule has 0 radical (unpaired) electrons. The van der Waals surface area contributed by atoms with E-state index in [9.17, 15) is 0 Å². The van der Waals surface area contributed by atoms with Crippen LogP contribution in [-0.4, -0.2) is 29.9 Å². The molecule has 0 aromatic carbocycles. The van der Waals surface area contributed by atoms with Crippen LogP contribution in [0.25, 0.3) is 0 Å². The van der Waals surface area contributed by atoms with Gasteiger partial charge in [-0.05, 0) is 26.8 Å². The first-order valence-electron chi connectivity index (χ1n) is 5.02. The summed E-state index contributed by atoms with van der Waals surface area (Å²) in [5, 5.41) is 0. The van der Waals surface area contributed by atoms with Gasteiger partial charge in [0.25, 0.3) is 0 Å². The summed E-state index contributed by atoms with van der Waals surface area (Å²) in [5.74, 6) is 0.754. The van der Waals surface area contributed by atoms with Gasteiger partial charge in [-0.25, -0.2) is 0 Å². The van der Waals surface area contributed by atoms with Crippen molar-refractivity contribution in [2.24, 2.45) is 0 Å². The van der Waals surface area contributed by atoms with Crippen molar-refractivity contribution >= 4 is 11.6 Å². The zero-order valence-corrected chi connectivity index (χ0v) is 9.40. The van der Waals surface area contributed by atoms with Crippen LogP contribution in [0.4, 0.5) is 0 Å². The zero-order chi connectivity index (χ0) is 9.40. The number of halogens is 1. The minimum atomic E-state index is 0.639. The fourth-order valence-electron chi connectivity index (χ4n) is 1.30. The average Bonchev–Trinajstić information content (AvgIpc) is 2.03. The van der Waals surface area contributed by atoms with Crippen LogP contribution in [0, 0.1) is 0 Å². The molecule has 0 amide bonds. The Morgan fingerprint density at radius 2 is 1.83 bits per heavy atom. The van der Waals surface area contributed by atoms with Crippen molar-refractivity contribution in [2.75, 3.05) is 19.0 Å². The molecule has 0 bridgehead atoms. The first-order chi connectivity index (χ1) is 5.72. The Bertz CT molecular complexity index is 93.8. The van der Waals surface area contributed by atoms with Crippen LogP contribution >= 0.6 is 11.6 Å². The predicted molar refractivity (Wildman–Crippen MR) is 57.0 cm³/mol. The molecular formula is C10H22ClN. The van der Waals surface area contributed by atoms with Crippen molar-refractivity contribution in [3.8, 4) is 0 Å². The molecule has 0 heterocycles. The maximum absolute atomic E-state index is 5.71. The van der Waals surface area contributed by atoms with Gasteiger partial charge in [0.1, 0.15) is 0 Å². The number of hydrogen-bond acceptors (Lipinski definition) is 1. The van der Waals surface area contributed by atoms with E-state index in [0.717, 1.165) is 12.4 Å². The van der Waals surface area contributed by atoms with Gasteiger partial charge in [-0.2, -0.15) is 0 Å². The molecule has 0 aliphatic rings. The van der Waals surface area contributed by atoms with Gasteiger partial charge in [0.15, 0.2) is 0 Å². The molecule has 0 unspecified atom stereocenters. The molecular weight excluding hydrogens is 170 g/mol. The van der Waals surface area contributed by atoms with Gasteiger partial charge in [0.2, 0.25) is 0 Å². The quantitative estimate of drug-likeness (QED) is 0.442. The standard InChI is InChI=1S/C10H22ClN/c1-4-5-6-8-12(9-7-11)10(2)3/h10H,4-9H2,1-3H3. The van der Waals surface area contributed by atoms with E-state index in [1.54, 1.807) is 0 Å². The monoisotopic (exact) mass is 191 g/mol. The molecule has 74 valence electrons. The first-order valence-corrected chi connectivity index (χ1v) is 5.55. The second-order valence-electron chi connectivity index (χ2n) is 3.53. The third-order valence-corrected chi connectivity index (χ3v) is 2.32. The highest BCUT2D eigenvalue weighted by atomic mass is 35.5. The zero-order valence-electron chi connectivity index (χ0n) is 8.65. The maximum atomic E-state index is 5.71. The highest BCUT2D eigenvalue weighted by Crippen LogP contribution is 2.03. The lowest BCUT2D eigenvalue weighted by Crippen LogP contribution is -2.33. The lowest BCUT2D eigenvalue weighted by Gasteiger charge is -2.25. The van der Waals surface area contributed by atoms with Crippen molar-refractivity contribution in [1.82, 2.24) is 4.90 Å². The van der Waals surface area contributed by atoms with Gasteiger partial charge in [-0.15, -0.1) is 11.6 Å². The molecule has 0 saturated carbocycles. The molecule has 0 aliphatic heterocycles. The summed E-state index contributed by atoms with van der Waals surface area (Å²) in [5.41, 5.74) is 0.